The number of likely N-dealkylation sites (tertiary alicyclic amines) is 1. The summed E-state index contributed by atoms with van der Waals surface area (Å²) in [4.78, 5) is 14.2. The number of carboxylic acid groups (broad SMARTS) is 1. The van der Waals surface area contributed by atoms with Crippen LogP contribution in [0.3, 0.4) is 0 Å². The van der Waals surface area contributed by atoms with Gasteiger partial charge in [-0.3, -0.25) is 14.4 Å². The highest BCUT2D eigenvalue weighted by Gasteiger charge is 2.36. The highest BCUT2D eigenvalue weighted by atomic mass is 35.5. The van der Waals surface area contributed by atoms with Gasteiger partial charge in [0.15, 0.2) is 5.82 Å². The summed E-state index contributed by atoms with van der Waals surface area (Å²) in [7, 11) is -4.14. The van der Waals surface area contributed by atoms with Gasteiger partial charge in [-0.25, -0.2) is 17.8 Å². The summed E-state index contributed by atoms with van der Waals surface area (Å²) in [5, 5.41) is 11.9. The molecule has 0 unspecified atom stereocenters. The molecule has 0 amide bonds. The van der Waals surface area contributed by atoms with E-state index in [-0.39, 0.29) is 23.4 Å². The molecule has 2 aromatic carbocycles. The Hall–Kier alpha value is -2.73. The lowest BCUT2D eigenvalue weighted by molar-refractivity contribution is -0.122. The van der Waals surface area contributed by atoms with Gasteiger partial charge in [-0.1, -0.05) is 35.9 Å². The first-order valence-corrected chi connectivity index (χ1v) is 13.2. The van der Waals surface area contributed by atoms with E-state index in [1.54, 1.807) is 0 Å². The van der Waals surface area contributed by atoms with Crippen LogP contribution >= 0.6 is 22.9 Å². The quantitative estimate of drug-likeness (QED) is 0.399. The third-order valence-electron chi connectivity index (χ3n) is 5.83. The minimum Gasteiger partial charge on any atom is -0.483 e. The molecule has 1 saturated heterocycles. The van der Waals surface area contributed by atoms with Crippen molar-refractivity contribution in [3.05, 3.63) is 69.3 Å². The molecule has 1 aliphatic heterocycles. The number of fused-ring (bicyclic) bond motifs is 1. The number of carbonyl (C=O) groups is 1. The van der Waals surface area contributed by atoms with Crippen LogP contribution in [0.2, 0.25) is 5.02 Å². The van der Waals surface area contributed by atoms with Gasteiger partial charge in [-0.2, -0.15) is 0 Å². The zero-order valence-corrected chi connectivity index (χ0v) is 20.2. The number of rotatable bonds is 6. The lowest BCUT2D eigenvalue weighted by Crippen LogP contribution is -2.39. The monoisotopic (exact) mass is 524 g/mol. The molecular weight excluding hydrogens is 503 g/mol. The summed E-state index contributed by atoms with van der Waals surface area (Å²) in [6.07, 6.45) is 2.06. The molecule has 3 N–H and O–H groups in total. The smallest absolute Gasteiger partial charge is 0.290 e. The Labute approximate surface area is 205 Å². The number of thiazole rings is 1. The van der Waals surface area contributed by atoms with E-state index in [0.717, 1.165) is 37.2 Å². The first-order valence-electron chi connectivity index (χ1n) is 10.4. The van der Waals surface area contributed by atoms with Gasteiger partial charge >= 0.3 is 0 Å². The van der Waals surface area contributed by atoms with Crippen molar-refractivity contribution in [1.29, 1.82) is 0 Å². The Balaban J connectivity index is 0.000000868. The van der Waals surface area contributed by atoms with Crippen LogP contribution in [-0.4, -0.2) is 43.0 Å². The van der Waals surface area contributed by atoms with E-state index in [2.05, 4.69) is 32.1 Å². The van der Waals surface area contributed by atoms with Gasteiger partial charge in [0.25, 0.3) is 16.5 Å². The standard InChI is InChI=1S/C21H20ClFN4O2S2.CH2O2/c22-15-8-20(31(28,29)26-21-11-30-12-24-21)16(23)9-18(15)25-17-10-19(27-6-3-7-27)14-5-2-1-4-13(14)17;2-1-3/h1-2,4-5,8-9,11-12,17,19,25-26H,3,6-7,10H2;1H,(H,2,3)/t17-,19+;/m1./s1. The van der Waals surface area contributed by atoms with E-state index >= 15 is 0 Å². The van der Waals surface area contributed by atoms with E-state index in [1.807, 2.05) is 12.1 Å². The lowest BCUT2D eigenvalue weighted by Gasteiger charge is -2.37. The third-order valence-corrected chi connectivity index (χ3v) is 8.10. The van der Waals surface area contributed by atoms with Crippen molar-refractivity contribution in [1.82, 2.24) is 9.88 Å². The summed E-state index contributed by atoms with van der Waals surface area (Å²) < 4.78 is 42.3. The minimum atomic E-state index is -4.14. The van der Waals surface area contributed by atoms with Crippen LogP contribution in [0, 0.1) is 5.82 Å². The van der Waals surface area contributed by atoms with Crippen LogP contribution < -0.4 is 10.0 Å². The van der Waals surface area contributed by atoms with Crippen LogP contribution in [0.1, 0.15) is 36.1 Å². The molecule has 1 fully saturated rings. The van der Waals surface area contributed by atoms with Gasteiger partial charge in [0.05, 0.1) is 22.3 Å². The molecule has 3 aromatic rings. The maximum absolute atomic E-state index is 14.8. The highest BCUT2D eigenvalue weighted by Crippen LogP contribution is 2.45. The van der Waals surface area contributed by atoms with Gasteiger partial charge in [0, 0.05) is 11.4 Å². The van der Waals surface area contributed by atoms with E-state index in [4.69, 9.17) is 21.5 Å². The van der Waals surface area contributed by atoms with Crippen LogP contribution in [0.15, 0.2) is 52.2 Å². The summed E-state index contributed by atoms with van der Waals surface area (Å²) in [5.41, 5.74) is 4.30. The zero-order valence-electron chi connectivity index (χ0n) is 17.8. The van der Waals surface area contributed by atoms with Crippen molar-refractivity contribution in [2.45, 2.75) is 29.8 Å². The van der Waals surface area contributed by atoms with Crippen LogP contribution in [-0.2, 0) is 14.8 Å². The largest absolute Gasteiger partial charge is 0.483 e. The van der Waals surface area contributed by atoms with Crippen molar-refractivity contribution in [3.8, 4) is 0 Å². The predicted octanol–water partition coefficient (Wildman–Crippen LogP) is 4.74. The van der Waals surface area contributed by atoms with Gasteiger partial charge in [0.2, 0.25) is 0 Å². The lowest BCUT2D eigenvalue weighted by atomic mass is 10.0. The number of halogens is 2. The number of benzene rings is 2. The minimum absolute atomic E-state index is 0.0331. The molecule has 0 spiro atoms. The van der Waals surface area contributed by atoms with Gasteiger partial charge < -0.3 is 10.4 Å². The van der Waals surface area contributed by atoms with Crippen LogP contribution in [0.4, 0.5) is 15.9 Å². The topological polar surface area (TPSA) is 112 Å². The predicted molar refractivity (Wildman–Crippen MR) is 129 cm³/mol. The molecular formula is C22H22ClFN4O4S2. The second-order valence-electron chi connectivity index (χ2n) is 7.81. The fraction of sp³-hybridized carbons (Fsp3) is 0.273. The first kappa shape index (κ1) is 24.4. The normalized spacial score (nSPS) is 19.4. The molecule has 1 aromatic heterocycles. The fourth-order valence-electron chi connectivity index (χ4n) is 4.23. The zero-order chi connectivity index (χ0) is 24.3. The summed E-state index contributed by atoms with van der Waals surface area (Å²) in [6, 6.07) is 10.8. The van der Waals surface area contributed by atoms with Crippen LogP contribution in [0.25, 0.3) is 0 Å². The molecule has 1 aliphatic carbocycles. The highest BCUT2D eigenvalue weighted by molar-refractivity contribution is 7.92. The van der Waals surface area contributed by atoms with Gasteiger partial charge in [0.1, 0.15) is 10.7 Å². The maximum Gasteiger partial charge on any atom is 0.290 e. The molecule has 2 heterocycles. The van der Waals surface area contributed by atoms with E-state index in [0.29, 0.717) is 11.7 Å². The number of aromatic nitrogens is 1. The third kappa shape index (κ3) is 5.02. The second kappa shape index (κ2) is 10.3. The van der Waals surface area contributed by atoms with Gasteiger partial charge in [-0.05, 0) is 49.2 Å². The summed E-state index contributed by atoms with van der Waals surface area (Å²) in [6.45, 7) is 1.92. The van der Waals surface area contributed by atoms with E-state index in [1.165, 1.54) is 34.2 Å². The summed E-state index contributed by atoms with van der Waals surface area (Å²) in [5.74, 6) is -0.734. The van der Waals surface area contributed by atoms with Crippen molar-refractivity contribution >= 4 is 50.9 Å². The Morgan fingerprint density at radius 1 is 1.24 bits per heavy atom. The van der Waals surface area contributed by atoms with Crippen molar-refractivity contribution in [2.75, 3.05) is 23.1 Å². The van der Waals surface area contributed by atoms with Gasteiger partial charge in [-0.15, -0.1) is 11.3 Å². The Morgan fingerprint density at radius 2 is 1.94 bits per heavy atom. The molecule has 8 nitrogen and oxygen atoms in total. The van der Waals surface area contributed by atoms with E-state index in [9.17, 15) is 12.8 Å². The fourth-order valence-corrected chi connectivity index (χ4v) is 6.16. The molecule has 2 aliphatic rings. The Morgan fingerprint density at radius 3 is 2.56 bits per heavy atom. The average Bonchev–Trinajstić information content (AvgIpc) is 3.38. The molecule has 5 rings (SSSR count). The van der Waals surface area contributed by atoms with Crippen LogP contribution in [0.5, 0.6) is 0 Å². The molecule has 0 radical (unpaired) electrons. The second-order valence-corrected chi connectivity index (χ2v) is 10.6. The average molecular weight is 525 g/mol. The SMILES string of the molecule is O=CO.O=S(=O)(Nc1cscn1)c1cc(Cl)c(N[C@@H]2C[C@H](N3CCC3)c3ccccc32)cc1F. The maximum atomic E-state index is 14.8. The number of hydrogen-bond donors (Lipinski definition) is 3. The molecule has 0 saturated carbocycles. The van der Waals surface area contributed by atoms with E-state index < -0.39 is 20.7 Å². The Bertz CT molecular complexity index is 1270. The molecule has 34 heavy (non-hydrogen) atoms. The molecule has 0 bridgehead atoms. The van der Waals surface area contributed by atoms with Crippen molar-refractivity contribution in [2.24, 2.45) is 0 Å². The number of nitrogens with zero attached hydrogens (tertiary/aromatic N) is 2. The first-order chi connectivity index (χ1) is 16.3. The number of nitrogens with one attached hydrogen (secondary N) is 2. The Kier molecular flexibility index (Phi) is 7.36. The molecule has 12 heteroatoms. The number of sulfonamides is 1. The van der Waals surface area contributed by atoms with Crippen molar-refractivity contribution < 1.29 is 22.7 Å². The van der Waals surface area contributed by atoms with Crippen molar-refractivity contribution in [3.63, 3.8) is 0 Å². The summed E-state index contributed by atoms with van der Waals surface area (Å²) >= 11 is 7.62. The number of anilines is 2. The molecule has 180 valence electrons. The molecule has 2 atom stereocenters. The number of hydrogen-bond acceptors (Lipinski definition) is 7.